The summed E-state index contributed by atoms with van der Waals surface area (Å²) in [6, 6.07) is 4.57. The van der Waals surface area contributed by atoms with Crippen LogP contribution in [-0.4, -0.2) is 15.2 Å². The Kier molecular flexibility index (Phi) is 3.97. The lowest BCUT2D eigenvalue weighted by Crippen LogP contribution is -1.96. The number of nitrogens with zero attached hydrogens (tertiary/aromatic N) is 1. The van der Waals surface area contributed by atoms with E-state index in [9.17, 15) is 0 Å². The van der Waals surface area contributed by atoms with Gasteiger partial charge in [-0.2, -0.15) is 0 Å². The summed E-state index contributed by atoms with van der Waals surface area (Å²) in [7, 11) is 0. The molecule has 0 aliphatic rings. The van der Waals surface area contributed by atoms with Gasteiger partial charge in [0, 0.05) is 6.42 Å². The zero-order valence-electron chi connectivity index (χ0n) is 11.1. The molecule has 1 heterocycles. The van der Waals surface area contributed by atoms with E-state index >= 15 is 0 Å². The van der Waals surface area contributed by atoms with Crippen molar-refractivity contribution in [2.75, 3.05) is 0 Å². The molecule has 2 aromatic rings. The summed E-state index contributed by atoms with van der Waals surface area (Å²) in [5.41, 5.74) is 5.56. The maximum atomic E-state index is 4.93. The first-order chi connectivity index (χ1) is 8.56. The van der Waals surface area contributed by atoms with Crippen LogP contribution in [-0.2, 0) is 12.8 Å². The van der Waals surface area contributed by atoms with Crippen molar-refractivity contribution in [3.05, 3.63) is 45.0 Å². The molecule has 0 saturated carbocycles. The number of benzene rings is 1. The first kappa shape index (κ1) is 13.0. The molecule has 2 N–H and O–H groups in total. The molecule has 0 bridgehead atoms. The number of hydrogen-bond acceptors (Lipinski definition) is 2. The van der Waals surface area contributed by atoms with E-state index in [-0.39, 0.29) is 0 Å². The van der Waals surface area contributed by atoms with E-state index in [0.717, 1.165) is 25.1 Å². The summed E-state index contributed by atoms with van der Waals surface area (Å²) in [6.45, 7) is 6.52. The van der Waals surface area contributed by atoms with Gasteiger partial charge in [0.15, 0.2) is 0 Å². The van der Waals surface area contributed by atoms with Crippen LogP contribution in [0, 0.1) is 25.5 Å². The predicted octanol–water partition coefficient (Wildman–Crippen LogP) is 3.57. The second-order valence-corrected chi connectivity index (χ2v) is 5.22. The molecule has 1 aromatic heterocycles. The van der Waals surface area contributed by atoms with Crippen molar-refractivity contribution in [1.82, 2.24) is 15.2 Å². The van der Waals surface area contributed by atoms with Gasteiger partial charge in [0.05, 0.1) is 0 Å². The number of nitrogens with one attached hydrogen (secondary N) is 2. The fourth-order valence-corrected chi connectivity index (χ4v) is 2.32. The molecule has 0 amide bonds. The molecule has 0 fully saturated rings. The monoisotopic (exact) mass is 261 g/mol. The first-order valence-electron chi connectivity index (χ1n) is 6.26. The van der Waals surface area contributed by atoms with E-state index in [1.165, 1.54) is 22.3 Å². The summed E-state index contributed by atoms with van der Waals surface area (Å²) >= 11 is 4.93. The number of aromatic nitrogens is 3. The second kappa shape index (κ2) is 5.48. The summed E-state index contributed by atoms with van der Waals surface area (Å²) in [6.07, 6.45) is 3.10. The number of hydrogen-bond donors (Lipinski definition) is 2. The summed E-state index contributed by atoms with van der Waals surface area (Å²) in [5.74, 6) is 0.946. The Bertz CT molecular complexity index is 595. The van der Waals surface area contributed by atoms with Gasteiger partial charge >= 0.3 is 0 Å². The number of rotatable bonds is 4. The number of H-pyrrole nitrogens is 2. The highest BCUT2D eigenvalue weighted by molar-refractivity contribution is 7.71. The van der Waals surface area contributed by atoms with E-state index in [1.54, 1.807) is 0 Å². The molecule has 0 spiro atoms. The Balaban J connectivity index is 1.98. The van der Waals surface area contributed by atoms with Crippen molar-refractivity contribution in [2.24, 2.45) is 0 Å². The standard InChI is InChI=1S/C14H19N3S/c1-9-7-11(3)12(8-10(9)2)5-4-6-13-15-14(18)17-16-13/h7-8H,4-6H2,1-3H3,(H2,15,16,17,18). The van der Waals surface area contributed by atoms with Crippen LogP contribution >= 0.6 is 12.2 Å². The van der Waals surface area contributed by atoms with Crippen LogP contribution in [0.3, 0.4) is 0 Å². The molecule has 0 aliphatic heterocycles. The Morgan fingerprint density at radius 1 is 1.00 bits per heavy atom. The number of aryl methyl sites for hydroxylation is 5. The zero-order chi connectivity index (χ0) is 13.1. The topological polar surface area (TPSA) is 44.5 Å². The van der Waals surface area contributed by atoms with Gasteiger partial charge < -0.3 is 0 Å². The summed E-state index contributed by atoms with van der Waals surface area (Å²) in [5, 5.41) is 5.81. The van der Waals surface area contributed by atoms with Gasteiger partial charge in [-0.05, 0) is 68.1 Å². The van der Waals surface area contributed by atoms with E-state index in [0.29, 0.717) is 4.77 Å². The molecule has 1 aromatic carbocycles. The van der Waals surface area contributed by atoms with Gasteiger partial charge in [-0.3, -0.25) is 10.2 Å². The summed E-state index contributed by atoms with van der Waals surface area (Å²) in [4.78, 5) is 4.20. The van der Waals surface area contributed by atoms with Crippen LogP contribution in [0.25, 0.3) is 0 Å². The highest BCUT2D eigenvalue weighted by atomic mass is 32.1. The van der Waals surface area contributed by atoms with Crippen molar-refractivity contribution in [3.63, 3.8) is 0 Å². The largest absolute Gasteiger partial charge is 0.286 e. The molecule has 0 saturated heterocycles. The Labute approximate surface area is 113 Å². The maximum absolute atomic E-state index is 4.93. The highest BCUT2D eigenvalue weighted by Crippen LogP contribution is 2.17. The third-order valence-electron chi connectivity index (χ3n) is 3.36. The van der Waals surface area contributed by atoms with Gasteiger partial charge in [-0.1, -0.05) is 12.1 Å². The minimum Gasteiger partial charge on any atom is -0.286 e. The molecular formula is C14H19N3S. The lowest BCUT2D eigenvalue weighted by molar-refractivity contribution is 0.771. The van der Waals surface area contributed by atoms with E-state index in [1.807, 2.05) is 0 Å². The van der Waals surface area contributed by atoms with Crippen LogP contribution in [0.2, 0.25) is 0 Å². The third kappa shape index (κ3) is 3.07. The fraction of sp³-hybridized carbons (Fsp3) is 0.429. The molecule has 0 unspecified atom stereocenters. The molecule has 0 radical (unpaired) electrons. The molecule has 0 atom stereocenters. The van der Waals surface area contributed by atoms with Crippen LogP contribution in [0.5, 0.6) is 0 Å². The first-order valence-corrected chi connectivity index (χ1v) is 6.67. The van der Waals surface area contributed by atoms with E-state index < -0.39 is 0 Å². The maximum Gasteiger partial charge on any atom is 0.213 e. The predicted molar refractivity (Wildman–Crippen MR) is 76.5 cm³/mol. The molecule has 96 valence electrons. The average molecular weight is 261 g/mol. The van der Waals surface area contributed by atoms with Crippen LogP contribution in [0.4, 0.5) is 0 Å². The Morgan fingerprint density at radius 3 is 2.39 bits per heavy atom. The van der Waals surface area contributed by atoms with Crippen LogP contribution in [0.15, 0.2) is 12.1 Å². The lowest BCUT2D eigenvalue weighted by atomic mass is 9.97. The third-order valence-corrected chi connectivity index (χ3v) is 3.56. The molecule has 0 aliphatic carbocycles. The average Bonchev–Trinajstić information content (AvgIpc) is 2.71. The SMILES string of the molecule is Cc1cc(C)c(CCCc2nc(=S)[nH][nH]2)cc1C. The van der Waals surface area contributed by atoms with Crippen molar-refractivity contribution < 1.29 is 0 Å². The summed E-state index contributed by atoms with van der Waals surface area (Å²) < 4.78 is 0.535. The van der Waals surface area contributed by atoms with E-state index in [4.69, 9.17) is 12.2 Å². The van der Waals surface area contributed by atoms with Crippen LogP contribution < -0.4 is 0 Å². The Morgan fingerprint density at radius 2 is 1.72 bits per heavy atom. The minimum atomic E-state index is 0.535. The quantitative estimate of drug-likeness (QED) is 0.826. The Hall–Kier alpha value is -1.42. The van der Waals surface area contributed by atoms with Crippen molar-refractivity contribution >= 4 is 12.2 Å². The minimum absolute atomic E-state index is 0.535. The fourth-order valence-electron chi connectivity index (χ4n) is 2.16. The molecule has 3 nitrogen and oxygen atoms in total. The van der Waals surface area contributed by atoms with Crippen molar-refractivity contribution in [3.8, 4) is 0 Å². The van der Waals surface area contributed by atoms with Gasteiger partial charge in [0.2, 0.25) is 4.77 Å². The molecular weight excluding hydrogens is 242 g/mol. The van der Waals surface area contributed by atoms with Gasteiger partial charge in [0.25, 0.3) is 0 Å². The zero-order valence-corrected chi connectivity index (χ0v) is 11.9. The van der Waals surface area contributed by atoms with Gasteiger partial charge in [-0.15, -0.1) is 0 Å². The number of aromatic amines is 2. The molecule has 18 heavy (non-hydrogen) atoms. The molecule has 2 rings (SSSR count). The van der Waals surface area contributed by atoms with Crippen LogP contribution in [0.1, 0.15) is 34.5 Å². The smallest absolute Gasteiger partial charge is 0.213 e. The molecule has 4 heteroatoms. The van der Waals surface area contributed by atoms with E-state index in [2.05, 4.69) is 48.1 Å². The van der Waals surface area contributed by atoms with Crippen molar-refractivity contribution in [2.45, 2.75) is 40.0 Å². The van der Waals surface area contributed by atoms with Gasteiger partial charge in [0.1, 0.15) is 5.82 Å². The lowest BCUT2D eigenvalue weighted by Gasteiger charge is -2.09. The normalized spacial score (nSPS) is 10.8. The highest BCUT2D eigenvalue weighted by Gasteiger charge is 2.03. The second-order valence-electron chi connectivity index (χ2n) is 4.83. The van der Waals surface area contributed by atoms with Crippen molar-refractivity contribution in [1.29, 1.82) is 0 Å². The van der Waals surface area contributed by atoms with Gasteiger partial charge in [-0.25, -0.2) is 4.98 Å².